The fourth-order valence-electron chi connectivity index (χ4n) is 5.20. The Morgan fingerprint density at radius 1 is 0.460 bits per heavy atom. The Bertz CT molecular complexity index is 914. The monoisotopic (exact) mass is 752 g/mol. The van der Waals surface area contributed by atoms with Gasteiger partial charge in [-0.25, -0.2) is 0 Å². The van der Waals surface area contributed by atoms with E-state index in [4.69, 9.17) is 18.9 Å². The lowest BCUT2D eigenvalue weighted by molar-refractivity contribution is -0.154. The highest BCUT2D eigenvalue weighted by molar-refractivity contribution is 8.76. The van der Waals surface area contributed by atoms with Crippen molar-refractivity contribution in [1.82, 2.24) is 9.80 Å². The molecule has 0 aromatic heterocycles. The topological polar surface area (TPSA) is 186 Å². The minimum absolute atomic E-state index is 0.00564. The second-order valence-electron chi connectivity index (χ2n) is 11.6. The summed E-state index contributed by atoms with van der Waals surface area (Å²) in [5, 5.41) is 20.7. The lowest BCUT2D eigenvalue weighted by atomic mass is 10.0. The van der Waals surface area contributed by atoms with E-state index in [0.29, 0.717) is 25.7 Å². The molecule has 50 heavy (non-hydrogen) atoms. The zero-order valence-corrected chi connectivity index (χ0v) is 32.7. The van der Waals surface area contributed by atoms with Gasteiger partial charge in [-0.2, -0.15) is 0 Å². The molecule has 0 bridgehead atoms. The van der Waals surface area contributed by atoms with Gasteiger partial charge in [0.1, 0.15) is 12.1 Å². The van der Waals surface area contributed by atoms with E-state index in [9.17, 15) is 39.0 Å². The first kappa shape index (κ1) is 47.4. The van der Waals surface area contributed by atoms with Gasteiger partial charge in [0.25, 0.3) is 0 Å². The van der Waals surface area contributed by atoms with Crippen molar-refractivity contribution in [3.63, 3.8) is 0 Å². The summed E-state index contributed by atoms with van der Waals surface area (Å²) in [6.45, 7) is 14.8. The Kier molecular flexibility index (Phi) is 25.8. The van der Waals surface area contributed by atoms with Crippen molar-refractivity contribution in [2.75, 3.05) is 64.1 Å². The fourth-order valence-corrected chi connectivity index (χ4v) is 7.71. The molecule has 0 spiro atoms. The van der Waals surface area contributed by atoms with E-state index >= 15 is 0 Å². The van der Waals surface area contributed by atoms with E-state index in [-0.39, 0.29) is 64.1 Å². The van der Waals surface area contributed by atoms with E-state index in [1.165, 1.54) is 0 Å². The molecule has 0 fully saturated rings. The lowest BCUT2D eigenvalue weighted by Gasteiger charge is -2.34. The number of hydrogen-bond acceptors (Lipinski definition) is 14. The molecule has 6 unspecified atom stereocenters. The first-order valence-corrected chi connectivity index (χ1v) is 20.1. The van der Waals surface area contributed by atoms with Crippen LogP contribution in [0.25, 0.3) is 0 Å². The molecule has 16 heteroatoms. The molecule has 2 N–H and O–H groups in total. The summed E-state index contributed by atoms with van der Waals surface area (Å²) in [7, 11) is 2.31. The molecule has 0 aliphatic heterocycles. The number of carboxylic acid groups (broad SMARTS) is 2. The van der Waals surface area contributed by atoms with Crippen LogP contribution in [-0.2, 0) is 47.7 Å². The summed E-state index contributed by atoms with van der Waals surface area (Å²) in [6.07, 6.45) is 1.58. The van der Waals surface area contributed by atoms with Crippen LogP contribution in [0.1, 0.15) is 81.1 Å². The van der Waals surface area contributed by atoms with Crippen LogP contribution < -0.4 is 0 Å². The number of ether oxygens (including phenoxy) is 4. The number of carboxylic acids is 2. The number of carbonyl (C=O) groups excluding carboxylic acids is 4. The van der Waals surface area contributed by atoms with Crippen molar-refractivity contribution >= 4 is 57.4 Å². The van der Waals surface area contributed by atoms with E-state index < -0.39 is 71.6 Å². The molecular weight excluding hydrogens is 693 g/mol. The van der Waals surface area contributed by atoms with E-state index in [1.807, 2.05) is 0 Å². The summed E-state index contributed by atoms with van der Waals surface area (Å²) < 4.78 is 20.9. The predicted molar refractivity (Wildman–Crippen MR) is 193 cm³/mol. The number of aliphatic carboxylic acids is 2. The first-order chi connectivity index (χ1) is 23.8. The molecule has 6 atom stereocenters. The third kappa shape index (κ3) is 17.1. The smallest absolute Gasteiger partial charge is 0.321 e. The van der Waals surface area contributed by atoms with Crippen LogP contribution in [0.4, 0.5) is 0 Å². The predicted octanol–water partition coefficient (Wildman–Crippen LogP) is 4.24. The van der Waals surface area contributed by atoms with Gasteiger partial charge >= 0.3 is 35.8 Å². The van der Waals surface area contributed by atoms with Gasteiger partial charge in [-0.1, -0.05) is 49.3 Å². The van der Waals surface area contributed by atoms with Crippen molar-refractivity contribution in [2.24, 2.45) is 23.7 Å². The van der Waals surface area contributed by atoms with Crippen molar-refractivity contribution in [3.05, 3.63) is 0 Å². The van der Waals surface area contributed by atoms with Gasteiger partial charge < -0.3 is 29.2 Å². The molecule has 0 saturated carbocycles. The SMILES string of the molecule is CCOC(=O)C(CC)CN(CC(CC)C(=O)OCC)C(CSSCC(C(=O)O)N(CC(CC)C(=O)OCC)CC(CC)C(=O)OCC)C(=O)O. The third-order valence-corrected chi connectivity index (χ3v) is 10.6. The van der Waals surface area contributed by atoms with E-state index in [1.54, 1.807) is 65.2 Å². The van der Waals surface area contributed by atoms with Gasteiger partial charge in [0.2, 0.25) is 0 Å². The summed E-state index contributed by atoms with van der Waals surface area (Å²) in [4.78, 5) is 79.3. The highest BCUT2D eigenvalue weighted by Gasteiger charge is 2.36. The molecular formula is C34H60N2O12S2. The van der Waals surface area contributed by atoms with Crippen LogP contribution in [0.3, 0.4) is 0 Å². The van der Waals surface area contributed by atoms with Gasteiger partial charge in [-0.15, -0.1) is 0 Å². The van der Waals surface area contributed by atoms with Crippen LogP contribution in [0.5, 0.6) is 0 Å². The molecule has 0 radical (unpaired) electrons. The average Bonchev–Trinajstić information content (AvgIpc) is 3.07. The minimum atomic E-state index is -1.16. The maximum atomic E-state index is 12.7. The summed E-state index contributed by atoms with van der Waals surface area (Å²) in [5.41, 5.74) is 0. The molecule has 0 aliphatic rings. The van der Waals surface area contributed by atoms with Crippen molar-refractivity contribution in [2.45, 2.75) is 93.2 Å². The maximum Gasteiger partial charge on any atom is 0.321 e. The molecule has 0 aromatic carbocycles. The minimum Gasteiger partial charge on any atom is -0.480 e. The van der Waals surface area contributed by atoms with E-state index in [2.05, 4.69) is 0 Å². The summed E-state index contributed by atoms with van der Waals surface area (Å²) in [5.74, 6) is -6.65. The Balaban J connectivity index is 6.27. The largest absolute Gasteiger partial charge is 0.480 e. The molecule has 0 heterocycles. The molecule has 0 amide bonds. The van der Waals surface area contributed by atoms with Crippen LogP contribution in [0.15, 0.2) is 0 Å². The zero-order valence-electron chi connectivity index (χ0n) is 31.1. The first-order valence-electron chi connectivity index (χ1n) is 17.6. The van der Waals surface area contributed by atoms with Crippen molar-refractivity contribution < 1.29 is 57.9 Å². The number of carbonyl (C=O) groups is 6. The Hall–Kier alpha value is -2.56. The number of hydrogen-bond donors (Lipinski definition) is 2. The van der Waals surface area contributed by atoms with Gasteiger partial charge in [-0.05, 0) is 53.4 Å². The van der Waals surface area contributed by atoms with Gasteiger partial charge in [-0.3, -0.25) is 38.6 Å². The number of nitrogens with zero attached hydrogens (tertiary/aromatic N) is 2. The lowest BCUT2D eigenvalue weighted by Crippen LogP contribution is -2.50. The zero-order chi connectivity index (χ0) is 38.2. The average molecular weight is 753 g/mol. The second-order valence-corrected chi connectivity index (χ2v) is 14.2. The van der Waals surface area contributed by atoms with Crippen molar-refractivity contribution in [3.8, 4) is 0 Å². The summed E-state index contributed by atoms with van der Waals surface area (Å²) in [6, 6.07) is -2.25. The molecule has 0 rings (SSSR count). The summed E-state index contributed by atoms with van der Waals surface area (Å²) >= 11 is 0. The third-order valence-electron chi connectivity index (χ3n) is 8.26. The Morgan fingerprint density at radius 3 is 0.840 bits per heavy atom. The van der Waals surface area contributed by atoms with Crippen LogP contribution in [0.2, 0.25) is 0 Å². The quantitative estimate of drug-likeness (QED) is 0.0478. The normalized spacial score (nSPS) is 15.0. The van der Waals surface area contributed by atoms with Gasteiger partial charge in [0.15, 0.2) is 0 Å². The van der Waals surface area contributed by atoms with Crippen LogP contribution in [-0.4, -0.2) is 132 Å². The Morgan fingerprint density at radius 2 is 0.680 bits per heavy atom. The number of rotatable bonds is 29. The highest BCUT2D eigenvalue weighted by Crippen LogP contribution is 2.29. The molecule has 0 saturated heterocycles. The molecule has 14 nitrogen and oxygen atoms in total. The van der Waals surface area contributed by atoms with E-state index in [0.717, 1.165) is 21.6 Å². The molecule has 290 valence electrons. The highest BCUT2D eigenvalue weighted by atomic mass is 33.1. The molecule has 0 aromatic rings. The van der Waals surface area contributed by atoms with Crippen LogP contribution in [0, 0.1) is 23.7 Å². The maximum absolute atomic E-state index is 12.7. The van der Waals surface area contributed by atoms with Crippen LogP contribution >= 0.6 is 21.6 Å². The van der Waals surface area contributed by atoms with Crippen molar-refractivity contribution in [1.29, 1.82) is 0 Å². The number of esters is 4. The molecule has 0 aliphatic carbocycles. The standard InChI is InChI=1S/C34H60N2O12S2/c1-9-23(31(41)45-13-5)17-35(18-24(10-2)32(42)46-14-6)27(29(37)38)21-49-50-22-28(30(39)40)36(19-25(11-3)33(43)47-15-7)20-26(12-4)34(44)48-16-8/h23-28H,9-22H2,1-8H3,(H,37,38)(H,39,40). The van der Waals surface area contributed by atoms with Gasteiger partial charge in [0.05, 0.1) is 50.1 Å². The Labute approximate surface area is 305 Å². The fraction of sp³-hybridized carbons (Fsp3) is 0.824. The van der Waals surface area contributed by atoms with Gasteiger partial charge in [0, 0.05) is 37.7 Å². The second kappa shape index (κ2) is 27.1.